The minimum Gasteiger partial charge on any atom is -0.334 e. The number of aryl methyl sites for hydroxylation is 1. The number of aromatic nitrogens is 3. The molecule has 0 radical (unpaired) electrons. The minimum atomic E-state index is -0.160. The molecule has 2 rings (SSSR count). The fourth-order valence-corrected chi connectivity index (χ4v) is 1.89. The molecule has 1 heterocycles. The number of hydrogen-bond donors (Lipinski definition) is 2. The highest BCUT2D eigenvalue weighted by molar-refractivity contribution is 5.90. The summed E-state index contributed by atoms with van der Waals surface area (Å²) in [6.45, 7) is 2.27. The van der Waals surface area contributed by atoms with Crippen LogP contribution < -0.4 is 5.73 Å². The van der Waals surface area contributed by atoms with Crippen LogP contribution in [0.2, 0.25) is 0 Å². The van der Waals surface area contributed by atoms with E-state index >= 15 is 0 Å². The Balaban J connectivity index is 2.08. The molecule has 88 valence electrons. The van der Waals surface area contributed by atoms with E-state index in [2.05, 4.69) is 15.2 Å². The first-order valence-corrected chi connectivity index (χ1v) is 5.49. The van der Waals surface area contributed by atoms with Crippen molar-refractivity contribution in [1.82, 2.24) is 20.1 Å². The van der Waals surface area contributed by atoms with Gasteiger partial charge < -0.3 is 10.6 Å². The van der Waals surface area contributed by atoms with Crippen molar-refractivity contribution >= 4 is 5.91 Å². The first-order valence-electron chi connectivity index (χ1n) is 5.49. The van der Waals surface area contributed by atoms with Gasteiger partial charge in [-0.1, -0.05) is 0 Å². The second-order valence-electron chi connectivity index (χ2n) is 4.30. The van der Waals surface area contributed by atoms with Gasteiger partial charge >= 0.3 is 0 Å². The Morgan fingerprint density at radius 3 is 2.81 bits per heavy atom. The third-order valence-electron chi connectivity index (χ3n) is 3.01. The van der Waals surface area contributed by atoms with Crippen LogP contribution in [-0.4, -0.2) is 45.6 Å². The van der Waals surface area contributed by atoms with Crippen molar-refractivity contribution < 1.29 is 4.79 Å². The van der Waals surface area contributed by atoms with Gasteiger partial charge in [-0.15, -0.1) is 5.10 Å². The van der Waals surface area contributed by atoms with Gasteiger partial charge in [0.2, 0.25) is 5.82 Å². The van der Waals surface area contributed by atoms with Crippen LogP contribution in [-0.2, 0) is 0 Å². The molecule has 0 bridgehead atoms. The summed E-state index contributed by atoms with van der Waals surface area (Å²) in [5, 5.41) is 6.53. The van der Waals surface area contributed by atoms with Gasteiger partial charge in [0.1, 0.15) is 5.82 Å². The molecular formula is C10H17N5O. The van der Waals surface area contributed by atoms with Crippen LogP contribution in [0.1, 0.15) is 29.3 Å². The number of carbonyl (C=O) groups excluding carboxylic acids is 1. The molecule has 1 atom stereocenters. The van der Waals surface area contributed by atoms with E-state index in [1.54, 1.807) is 18.9 Å². The Bertz CT molecular complexity index is 384. The number of nitrogens with zero attached hydrogens (tertiary/aromatic N) is 3. The lowest BCUT2D eigenvalue weighted by atomic mass is 10.1. The SMILES string of the molecule is Cc1nc(C(=O)N(C)C(CN)C2CC2)n[nH]1. The van der Waals surface area contributed by atoms with E-state index in [4.69, 9.17) is 5.73 Å². The number of H-pyrrole nitrogens is 1. The number of carbonyl (C=O) groups is 1. The van der Waals surface area contributed by atoms with Gasteiger partial charge in [0.25, 0.3) is 5.91 Å². The molecule has 0 spiro atoms. The van der Waals surface area contributed by atoms with Crippen molar-refractivity contribution in [3.05, 3.63) is 11.6 Å². The Morgan fingerprint density at radius 1 is 1.69 bits per heavy atom. The van der Waals surface area contributed by atoms with E-state index in [1.165, 1.54) is 0 Å². The minimum absolute atomic E-state index is 0.117. The second-order valence-corrected chi connectivity index (χ2v) is 4.30. The van der Waals surface area contributed by atoms with E-state index in [-0.39, 0.29) is 17.8 Å². The molecule has 1 aliphatic carbocycles. The van der Waals surface area contributed by atoms with Gasteiger partial charge in [-0.05, 0) is 25.7 Å². The zero-order chi connectivity index (χ0) is 11.7. The van der Waals surface area contributed by atoms with Crippen LogP contribution >= 0.6 is 0 Å². The van der Waals surface area contributed by atoms with Crippen molar-refractivity contribution in [3.63, 3.8) is 0 Å². The predicted molar refractivity (Wildman–Crippen MR) is 58.8 cm³/mol. The van der Waals surface area contributed by atoms with Gasteiger partial charge in [0.05, 0.1) is 0 Å². The number of likely N-dealkylation sites (N-methyl/N-ethyl adjacent to an activating group) is 1. The molecule has 1 aromatic heterocycles. The second kappa shape index (κ2) is 4.21. The first kappa shape index (κ1) is 11.1. The van der Waals surface area contributed by atoms with Gasteiger partial charge in [0, 0.05) is 19.6 Å². The van der Waals surface area contributed by atoms with E-state index in [9.17, 15) is 4.79 Å². The van der Waals surface area contributed by atoms with Crippen molar-refractivity contribution in [1.29, 1.82) is 0 Å². The molecule has 0 aromatic carbocycles. The van der Waals surface area contributed by atoms with Crippen LogP contribution in [0.5, 0.6) is 0 Å². The largest absolute Gasteiger partial charge is 0.334 e. The van der Waals surface area contributed by atoms with Crippen LogP contribution in [0.15, 0.2) is 0 Å². The fraction of sp³-hybridized carbons (Fsp3) is 0.700. The Labute approximate surface area is 94.2 Å². The van der Waals surface area contributed by atoms with Crippen LogP contribution in [0.25, 0.3) is 0 Å². The zero-order valence-electron chi connectivity index (χ0n) is 9.60. The number of hydrogen-bond acceptors (Lipinski definition) is 4. The molecule has 1 aliphatic rings. The summed E-state index contributed by atoms with van der Waals surface area (Å²) >= 11 is 0. The third kappa shape index (κ3) is 2.06. The van der Waals surface area contributed by atoms with E-state index in [0.29, 0.717) is 18.3 Å². The highest BCUT2D eigenvalue weighted by atomic mass is 16.2. The molecule has 1 fully saturated rings. The number of rotatable bonds is 4. The van der Waals surface area contributed by atoms with Gasteiger partial charge in [0.15, 0.2) is 0 Å². The molecule has 1 aromatic rings. The summed E-state index contributed by atoms with van der Waals surface area (Å²) in [4.78, 5) is 17.7. The number of nitrogens with one attached hydrogen (secondary N) is 1. The molecule has 1 saturated carbocycles. The highest BCUT2D eigenvalue weighted by Gasteiger charge is 2.35. The number of amides is 1. The van der Waals surface area contributed by atoms with Crippen molar-refractivity contribution in [2.24, 2.45) is 11.7 Å². The Morgan fingerprint density at radius 2 is 2.38 bits per heavy atom. The molecular weight excluding hydrogens is 206 g/mol. The van der Waals surface area contributed by atoms with Crippen molar-refractivity contribution in [3.8, 4) is 0 Å². The quantitative estimate of drug-likeness (QED) is 0.747. The lowest BCUT2D eigenvalue weighted by Crippen LogP contribution is -2.43. The third-order valence-corrected chi connectivity index (χ3v) is 3.01. The van der Waals surface area contributed by atoms with Crippen molar-refractivity contribution in [2.45, 2.75) is 25.8 Å². The average Bonchev–Trinajstić information content (AvgIpc) is 3.00. The Kier molecular flexibility index (Phi) is 2.91. The maximum atomic E-state index is 12.0. The number of nitrogens with two attached hydrogens (primary N) is 1. The Hall–Kier alpha value is -1.43. The first-order chi connectivity index (χ1) is 7.63. The summed E-state index contributed by atoms with van der Waals surface area (Å²) in [7, 11) is 1.77. The monoisotopic (exact) mass is 223 g/mol. The predicted octanol–water partition coefficient (Wildman–Crippen LogP) is -0.0776. The van der Waals surface area contributed by atoms with Gasteiger partial charge in [-0.25, -0.2) is 4.98 Å². The zero-order valence-corrected chi connectivity index (χ0v) is 9.60. The maximum absolute atomic E-state index is 12.0. The standard InChI is InChI=1S/C10H17N5O/c1-6-12-9(14-13-6)10(16)15(2)8(5-11)7-3-4-7/h7-8H,3-5,11H2,1-2H3,(H,12,13,14). The molecule has 0 aliphatic heterocycles. The van der Waals surface area contributed by atoms with E-state index in [1.807, 2.05) is 0 Å². The van der Waals surface area contributed by atoms with Crippen LogP contribution in [0, 0.1) is 12.8 Å². The summed E-state index contributed by atoms with van der Waals surface area (Å²) in [5.41, 5.74) is 5.69. The summed E-state index contributed by atoms with van der Waals surface area (Å²) < 4.78 is 0. The van der Waals surface area contributed by atoms with E-state index in [0.717, 1.165) is 12.8 Å². The maximum Gasteiger partial charge on any atom is 0.293 e. The molecule has 6 heteroatoms. The highest BCUT2D eigenvalue weighted by Crippen LogP contribution is 2.34. The molecule has 1 unspecified atom stereocenters. The molecule has 1 amide bonds. The van der Waals surface area contributed by atoms with Gasteiger partial charge in [-0.2, -0.15) is 0 Å². The van der Waals surface area contributed by atoms with Crippen LogP contribution in [0.3, 0.4) is 0 Å². The smallest absolute Gasteiger partial charge is 0.293 e. The summed E-state index contributed by atoms with van der Waals surface area (Å²) in [6.07, 6.45) is 2.32. The normalized spacial score (nSPS) is 17.2. The topological polar surface area (TPSA) is 87.9 Å². The molecule has 16 heavy (non-hydrogen) atoms. The molecule has 0 saturated heterocycles. The summed E-state index contributed by atoms with van der Waals surface area (Å²) in [5.74, 6) is 1.26. The summed E-state index contributed by atoms with van der Waals surface area (Å²) in [6, 6.07) is 0.117. The molecule has 6 nitrogen and oxygen atoms in total. The molecule has 3 N–H and O–H groups in total. The lowest BCUT2D eigenvalue weighted by Gasteiger charge is -2.25. The lowest BCUT2D eigenvalue weighted by molar-refractivity contribution is 0.0706. The average molecular weight is 223 g/mol. The van der Waals surface area contributed by atoms with Gasteiger partial charge in [-0.3, -0.25) is 9.89 Å². The van der Waals surface area contributed by atoms with Crippen molar-refractivity contribution in [2.75, 3.05) is 13.6 Å². The fourth-order valence-electron chi connectivity index (χ4n) is 1.89. The number of aromatic amines is 1. The van der Waals surface area contributed by atoms with E-state index < -0.39 is 0 Å². The van der Waals surface area contributed by atoms with Crippen LogP contribution in [0.4, 0.5) is 0 Å².